The molecule has 1 aliphatic heterocycles. The number of rotatable bonds is 3. The first-order valence-electron chi connectivity index (χ1n) is 11.2. The monoisotopic (exact) mass is 464 g/mol. The van der Waals surface area contributed by atoms with E-state index in [2.05, 4.69) is 34.6 Å². The van der Waals surface area contributed by atoms with E-state index in [-0.39, 0.29) is 11.9 Å². The fourth-order valence-corrected chi connectivity index (χ4v) is 4.77. The summed E-state index contributed by atoms with van der Waals surface area (Å²) in [6.45, 7) is 2.66. The first-order valence-corrected chi connectivity index (χ1v) is 11.6. The summed E-state index contributed by atoms with van der Waals surface area (Å²) in [4.78, 5) is 12.6. The van der Waals surface area contributed by atoms with E-state index in [1.165, 1.54) is 18.4 Å². The van der Waals surface area contributed by atoms with Gasteiger partial charge in [-0.3, -0.25) is 4.72 Å². The Kier molecular flexibility index (Phi) is 7.05. The van der Waals surface area contributed by atoms with Gasteiger partial charge in [0.05, 0.1) is 5.56 Å². The highest BCUT2D eigenvalue weighted by atomic mass is 32.1. The third-order valence-electron chi connectivity index (χ3n) is 6.46. The Morgan fingerprint density at radius 3 is 2.45 bits per heavy atom. The molecule has 1 saturated carbocycles. The normalized spacial score (nSPS) is 18.4. The molecule has 1 heterocycles. The third kappa shape index (κ3) is 5.75. The van der Waals surface area contributed by atoms with Gasteiger partial charge in [-0.05, 0) is 80.0 Å². The zero-order chi connectivity index (χ0) is 23.4. The maximum Gasteiger partial charge on any atom is 0.335 e. The zero-order valence-electron chi connectivity index (χ0n) is 18.7. The number of nitrogens with zero attached hydrogens (tertiary/aromatic N) is 1. The topological polar surface area (TPSA) is 52.6 Å². The largest absolute Gasteiger partial charge is 0.478 e. The molecule has 4 nitrogen and oxygen atoms in total. The van der Waals surface area contributed by atoms with E-state index in [0.29, 0.717) is 11.0 Å². The smallest absolute Gasteiger partial charge is 0.335 e. The van der Waals surface area contributed by atoms with Crippen LogP contribution in [-0.4, -0.2) is 23.7 Å². The minimum Gasteiger partial charge on any atom is -0.478 e. The second-order valence-corrected chi connectivity index (χ2v) is 9.36. The number of aryl methyl sites for hydroxylation is 1. The maximum atomic E-state index is 13.9. The average molecular weight is 465 g/mol. The van der Waals surface area contributed by atoms with E-state index in [1.54, 1.807) is 30.3 Å². The molecule has 0 amide bonds. The number of fused-ring (bicyclic) bond motifs is 1. The quantitative estimate of drug-likeness (QED) is 0.405. The molecule has 1 fully saturated rings. The molecule has 1 aliphatic carbocycles. The molecule has 1 spiro atoms. The number of aromatic carboxylic acids is 1. The van der Waals surface area contributed by atoms with Gasteiger partial charge in [0, 0.05) is 24.0 Å². The lowest BCUT2D eigenvalue weighted by Gasteiger charge is -2.36. The number of para-hydroxylation sites is 1. The predicted octanol–water partition coefficient (Wildman–Crippen LogP) is 6.19. The summed E-state index contributed by atoms with van der Waals surface area (Å²) >= 11 is 4.35. The summed E-state index contributed by atoms with van der Waals surface area (Å²) in [5, 5.41) is 8.51. The number of hydrogen-bond donors (Lipinski definition) is 3. The lowest BCUT2D eigenvalue weighted by Crippen LogP contribution is -2.39. The molecule has 172 valence electrons. The van der Waals surface area contributed by atoms with Gasteiger partial charge in [-0.15, -0.1) is 0 Å². The van der Waals surface area contributed by atoms with E-state index in [0.717, 1.165) is 36.3 Å². The Hall–Kier alpha value is -2.83. The lowest BCUT2D eigenvalue weighted by molar-refractivity contribution is 0.0696. The SMILES string of the molecule is Cc1cccc(C(=O)O)c1.Fc1ccc2c(c1)N(c1ccccc1)CC(NS)CC1(CC1)C2. The molecule has 33 heavy (non-hydrogen) atoms. The second kappa shape index (κ2) is 9.98. The van der Waals surface area contributed by atoms with Crippen LogP contribution in [0.1, 0.15) is 40.7 Å². The van der Waals surface area contributed by atoms with Gasteiger partial charge in [0.15, 0.2) is 0 Å². The Morgan fingerprint density at radius 2 is 1.85 bits per heavy atom. The first kappa shape index (κ1) is 23.3. The molecule has 6 heteroatoms. The van der Waals surface area contributed by atoms with Crippen molar-refractivity contribution < 1.29 is 14.3 Å². The van der Waals surface area contributed by atoms with Crippen molar-refractivity contribution in [1.82, 2.24) is 4.72 Å². The van der Waals surface area contributed by atoms with Crippen molar-refractivity contribution in [1.29, 1.82) is 0 Å². The predicted molar refractivity (Wildman–Crippen MR) is 134 cm³/mol. The van der Waals surface area contributed by atoms with E-state index in [4.69, 9.17) is 5.11 Å². The number of carboxylic acids is 1. The summed E-state index contributed by atoms with van der Waals surface area (Å²) in [5.41, 5.74) is 5.05. The number of benzene rings is 3. The summed E-state index contributed by atoms with van der Waals surface area (Å²) in [7, 11) is 0. The summed E-state index contributed by atoms with van der Waals surface area (Å²) < 4.78 is 17.1. The van der Waals surface area contributed by atoms with Gasteiger partial charge in [0.25, 0.3) is 0 Å². The van der Waals surface area contributed by atoms with Crippen molar-refractivity contribution in [2.24, 2.45) is 5.41 Å². The Labute approximate surface area is 200 Å². The van der Waals surface area contributed by atoms with Crippen LogP contribution < -0.4 is 9.62 Å². The van der Waals surface area contributed by atoms with E-state index in [9.17, 15) is 9.18 Å². The molecule has 0 radical (unpaired) electrons. The number of hydrogen-bond acceptors (Lipinski definition) is 4. The molecule has 2 N–H and O–H groups in total. The molecule has 3 aromatic rings. The average Bonchev–Trinajstić information content (AvgIpc) is 3.57. The van der Waals surface area contributed by atoms with Crippen LogP contribution in [-0.2, 0) is 6.42 Å². The van der Waals surface area contributed by atoms with Crippen LogP contribution in [0.2, 0.25) is 0 Å². The van der Waals surface area contributed by atoms with E-state index >= 15 is 0 Å². The van der Waals surface area contributed by atoms with Crippen LogP contribution in [0, 0.1) is 18.2 Å². The molecule has 5 rings (SSSR count). The van der Waals surface area contributed by atoms with Crippen molar-refractivity contribution in [3.05, 3.63) is 95.3 Å². The van der Waals surface area contributed by atoms with E-state index in [1.807, 2.05) is 37.3 Å². The van der Waals surface area contributed by atoms with Gasteiger partial charge < -0.3 is 10.0 Å². The minimum absolute atomic E-state index is 0.175. The summed E-state index contributed by atoms with van der Waals surface area (Å²) in [5.74, 6) is -1.05. The van der Waals surface area contributed by atoms with Crippen molar-refractivity contribution >= 4 is 30.2 Å². The molecular formula is C27H29FN2O2S. The minimum atomic E-state index is -0.872. The lowest BCUT2D eigenvalue weighted by atomic mass is 9.86. The van der Waals surface area contributed by atoms with Crippen molar-refractivity contribution in [3.8, 4) is 0 Å². The highest BCUT2D eigenvalue weighted by Gasteiger charge is 2.45. The standard InChI is InChI=1S/C19H21FN2S.C8H8O2/c20-15-7-6-14-11-19(8-9-19)12-16(21-23)13-22(18(14)10-15)17-4-2-1-3-5-17;1-6-3-2-4-7(5-6)8(9)10/h1-7,10,16,21,23H,8-9,11-13H2;2-5H,1H3,(H,9,10). The molecule has 0 saturated heterocycles. The van der Waals surface area contributed by atoms with Crippen LogP contribution >= 0.6 is 12.8 Å². The highest BCUT2D eigenvalue weighted by Crippen LogP contribution is 2.54. The van der Waals surface area contributed by atoms with Gasteiger partial charge >= 0.3 is 5.97 Å². The van der Waals surface area contributed by atoms with Crippen LogP contribution in [0.25, 0.3) is 0 Å². The Bertz CT molecular complexity index is 1120. The second-order valence-electron chi connectivity index (χ2n) is 9.10. The van der Waals surface area contributed by atoms with Gasteiger partial charge in [0.2, 0.25) is 0 Å². The van der Waals surface area contributed by atoms with Crippen molar-refractivity contribution in [2.75, 3.05) is 11.4 Å². The highest BCUT2D eigenvalue weighted by molar-refractivity contribution is 7.78. The van der Waals surface area contributed by atoms with Crippen LogP contribution in [0.15, 0.2) is 72.8 Å². The van der Waals surface area contributed by atoms with E-state index < -0.39 is 5.97 Å². The molecule has 3 aromatic carbocycles. The van der Waals surface area contributed by atoms with Crippen LogP contribution in [0.4, 0.5) is 15.8 Å². The summed E-state index contributed by atoms with van der Waals surface area (Å²) in [6.07, 6.45) is 4.68. The fourth-order valence-electron chi connectivity index (χ4n) is 4.59. The molecule has 0 aromatic heterocycles. The Balaban J connectivity index is 0.000000219. The number of anilines is 2. The van der Waals surface area contributed by atoms with Crippen molar-refractivity contribution in [2.45, 2.75) is 38.6 Å². The van der Waals surface area contributed by atoms with Gasteiger partial charge in [-0.25, -0.2) is 9.18 Å². The van der Waals surface area contributed by atoms with Crippen molar-refractivity contribution in [3.63, 3.8) is 0 Å². The van der Waals surface area contributed by atoms with Crippen LogP contribution in [0.3, 0.4) is 0 Å². The number of thiol groups is 1. The summed E-state index contributed by atoms with van der Waals surface area (Å²) in [6, 6.07) is 22.6. The maximum absolute atomic E-state index is 13.9. The van der Waals surface area contributed by atoms with Gasteiger partial charge in [-0.2, -0.15) is 0 Å². The van der Waals surface area contributed by atoms with Gasteiger partial charge in [0.1, 0.15) is 5.82 Å². The molecule has 0 bridgehead atoms. The molecular weight excluding hydrogens is 435 g/mol. The molecule has 1 unspecified atom stereocenters. The zero-order valence-corrected chi connectivity index (χ0v) is 19.6. The fraction of sp³-hybridized carbons (Fsp3) is 0.296. The number of carbonyl (C=O) groups is 1. The third-order valence-corrected chi connectivity index (χ3v) is 6.82. The molecule has 2 aliphatic rings. The number of carboxylic acid groups (broad SMARTS) is 1. The number of halogens is 1. The van der Waals surface area contributed by atoms with Gasteiger partial charge in [-0.1, -0.05) is 54.8 Å². The van der Waals surface area contributed by atoms with Crippen LogP contribution in [0.5, 0.6) is 0 Å². The first-order chi connectivity index (χ1) is 15.9. The number of nitrogens with one attached hydrogen (secondary N) is 1. The molecule has 1 atom stereocenters. The Morgan fingerprint density at radius 1 is 1.09 bits per heavy atom.